The van der Waals surface area contributed by atoms with Gasteiger partial charge in [0.1, 0.15) is 0 Å². The molecule has 0 aliphatic rings. The summed E-state index contributed by atoms with van der Waals surface area (Å²) < 4.78 is 7.77. The Balaban J connectivity index is 1.20. The van der Waals surface area contributed by atoms with E-state index >= 15 is 0 Å². The van der Waals surface area contributed by atoms with Gasteiger partial charge in [0.15, 0.2) is 0 Å². The number of nitrogens with zero attached hydrogens (tertiary/aromatic N) is 4. The van der Waals surface area contributed by atoms with Gasteiger partial charge >= 0.3 is 0 Å². The molecular formula is C22H23N5O2. The molecule has 0 aliphatic carbocycles. The first-order chi connectivity index (χ1) is 14.2. The van der Waals surface area contributed by atoms with E-state index in [1.807, 2.05) is 55.7 Å². The fourth-order valence-corrected chi connectivity index (χ4v) is 3.14. The van der Waals surface area contributed by atoms with Gasteiger partial charge < -0.3 is 14.3 Å². The summed E-state index contributed by atoms with van der Waals surface area (Å²) >= 11 is 0. The maximum Gasteiger partial charge on any atom is 0.247 e. The Morgan fingerprint density at radius 1 is 1.10 bits per heavy atom. The number of para-hydroxylation sites is 2. The van der Waals surface area contributed by atoms with Crippen molar-refractivity contribution in [2.45, 2.75) is 32.7 Å². The summed E-state index contributed by atoms with van der Waals surface area (Å²) in [7, 11) is 0. The van der Waals surface area contributed by atoms with E-state index < -0.39 is 0 Å². The summed E-state index contributed by atoms with van der Waals surface area (Å²) in [6.07, 6.45) is 3.43. The number of aromatic nitrogens is 4. The molecule has 1 amide bonds. The summed E-state index contributed by atoms with van der Waals surface area (Å²) in [5, 5.41) is 11.1. The Hall–Kier alpha value is -3.48. The molecule has 0 bridgehead atoms. The van der Waals surface area contributed by atoms with Crippen LogP contribution in [0.3, 0.4) is 0 Å². The number of amides is 1. The number of fused-ring (bicyclic) bond motifs is 1. The van der Waals surface area contributed by atoms with E-state index in [1.54, 1.807) is 0 Å². The van der Waals surface area contributed by atoms with Crippen LogP contribution in [0.25, 0.3) is 22.5 Å². The molecule has 148 valence electrons. The minimum Gasteiger partial charge on any atom is -0.421 e. The largest absolute Gasteiger partial charge is 0.421 e. The summed E-state index contributed by atoms with van der Waals surface area (Å²) in [4.78, 5) is 16.5. The zero-order chi connectivity index (χ0) is 20.1. The fourth-order valence-electron chi connectivity index (χ4n) is 3.14. The summed E-state index contributed by atoms with van der Waals surface area (Å²) in [6, 6.07) is 15.9. The number of carbonyl (C=O) groups is 1. The van der Waals surface area contributed by atoms with Gasteiger partial charge in [-0.25, -0.2) is 4.98 Å². The van der Waals surface area contributed by atoms with E-state index in [4.69, 9.17) is 4.42 Å². The first kappa shape index (κ1) is 18.9. The predicted octanol–water partition coefficient (Wildman–Crippen LogP) is 3.53. The minimum atomic E-state index is -0.0180. The molecule has 29 heavy (non-hydrogen) atoms. The number of benzene rings is 2. The first-order valence-electron chi connectivity index (χ1n) is 9.75. The van der Waals surface area contributed by atoms with Gasteiger partial charge in [-0.05, 0) is 37.6 Å². The van der Waals surface area contributed by atoms with Gasteiger partial charge in [0.2, 0.25) is 17.7 Å². The Bertz CT molecular complexity index is 1100. The molecule has 0 spiro atoms. The second-order valence-corrected chi connectivity index (χ2v) is 7.00. The van der Waals surface area contributed by atoms with Crippen LogP contribution in [0.15, 0.2) is 59.3 Å². The number of hydrogen-bond acceptors (Lipinski definition) is 5. The van der Waals surface area contributed by atoms with E-state index in [1.165, 1.54) is 5.56 Å². The molecule has 0 radical (unpaired) electrons. The predicted molar refractivity (Wildman–Crippen MR) is 110 cm³/mol. The zero-order valence-electron chi connectivity index (χ0n) is 16.3. The molecule has 2 heterocycles. The Morgan fingerprint density at radius 2 is 1.93 bits per heavy atom. The van der Waals surface area contributed by atoms with E-state index in [2.05, 4.69) is 31.1 Å². The second-order valence-electron chi connectivity index (χ2n) is 7.00. The number of carbonyl (C=O) groups excluding carboxylic acids is 1. The van der Waals surface area contributed by atoms with Gasteiger partial charge in [-0.2, -0.15) is 0 Å². The van der Waals surface area contributed by atoms with Gasteiger partial charge in [0, 0.05) is 31.5 Å². The van der Waals surface area contributed by atoms with Crippen molar-refractivity contribution >= 4 is 16.9 Å². The van der Waals surface area contributed by atoms with Crippen LogP contribution >= 0.6 is 0 Å². The lowest BCUT2D eigenvalue weighted by Gasteiger charge is -2.06. The average Bonchev–Trinajstić information content (AvgIpc) is 3.38. The van der Waals surface area contributed by atoms with Crippen LogP contribution in [-0.2, 0) is 17.8 Å². The maximum atomic E-state index is 12.1. The highest BCUT2D eigenvalue weighted by Gasteiger charge is 2.10. The van der Waals surface area contributed by atoms with Crippen molar-refractivity contribution in [2.75, 3.05) is 6.54 Å². The van der Waals surface area contributed by atoms with Gasteiger partial charge in [-0.1, -0.05) is 29.8 Å². The fraction of sp³-hybridized carbons (Fsp3) is 0.273. The van der Waals surface area contributed by atoms with Crippen molar-refractivity contribution < 1.29 is 9.21 Å². The molecule has 0 saturated carbocycles. The smallest absolute Gasteiger partial charge is 0.247 e. The molecule has 7 nitrogen and oxygen atoms in total. The minimum absolute atomic E-state index is 0.0180. The molecule has 4 rings (SSSR count). The van der Waals surface area contributed by atoms with Crippen LogP contribution in [0, 0.1) is 6.92 Å². The van der Waals surface area contributed by atoms with Crippen molar-refractivity contribution in [3.8, 4) is 11.5 Å². The number of rotatable bonds is 8. The molecule has 0 saturated heterocycles. The van der Waals surface area contributed by atoms with Crippen molar-refractivity contribution in [3.63, 3.8) is 0 Å². The van der Waals surface area contributed by atoms with E-state index in [0.29, 0.717) is 31.2 Å². The third-order valence-corrected chi connectivity index (χ3v) is 4.76. The molecule has 0 unspecified atom stereocenters. The lowest BCUT2D eigenvalue weighted by molar-refractivity contribution is -0.121. The molecule has 2 aromatic heterocycles. The second kappa shape index (κ2) is 8.68. The lowest BCUT2D eigenvalue weighted by Crippen LogP contribution is -2.25. The highest BCUT2D eigenvalue weighted by atomic mass is 16.4. The van der Waals surface area contributed by atoms with Crippen molar-refractivity contribution in [1.82, 2.24) is 25.1 Å². The summed E-state index contributed by atoms with van der Waals surface area (Å²) in [6.45, 7) is 3.45. The number of imidazole rings is 1. The van der Waals surface area contributed by atoms with Crippen LogP contribution in [-0.4, -0.2) is 32.2 Å². The van der Waals surface area contributed by atoms with E-state index in [-0.39, 0.29) is 5.91 Å². The van der Waals surface area contributed by atoms with Crippen molar-refractivity contribution in [1.29, 1.82) is 0 Å². The van der Waals surface area contributed by atoms with E-state index in [0.717, 1.165) is 29.6 Å². The third kappa shape index (κ3) is 4.68. The van der Waals surface area contributed by atoms with Gasteiger partial charge in [0.05, 0.1) is 17.4 Å². The highest BCUT2D eigenvalue weighted by molar-refractivity contribution is 5.76. The molecule has 0 aliphatic heterocycles. The Kier molecular flexibility index (Phi) is 5.65. The van der Waals surface area contributed by atoms with Gasteiger partial charge in [0.25, 0.3) is 0 Å². The highest BCUT2D eigenvalue weighted by Crippen LogP contribution is 2.18. The number of aryl methyl sites for hydroxylation is 3. The SMILES string of the molecule is Cc1ccc(-c2nnc(CCC(=O)NCCCn3cnc4ccccc43)o2)cc1. The van der Waals surface area contributed by atoms with Gasteiger partial charge in [-0.15, -0.1) is 10.2 Å². The zero-order valence-corrected chi connectivity index (χ0v) is 16.3. The van der Waals surface area contributed by atoms with Crippen LogP contribution in [0.5, 0.6) is 0 Å². The lowest BCUT2D eigenvalue weighted by atomic mass is 10.1. The quantitative estimate of drug-likeness (QED) is 0.466. The van der Waals surface area contributed by atoms with Crippen molar-refractivity contribution in [2.24, 2.45) is 0 Å². The maximum absolute atomic E-state index is 12.1. The molecule has 0 atom stereocenters. The molecule has 0 fully saturated rings. The Morgan fingerprint density at radius 3 is 2.79 bits per heavy atom. The molecule has 4 aromatic rings. The van der Waals surface area contributed by atoms with Crippen LogP contribution in [0.1, 0.15) is 24.3 Å². The van der Waals surface area contributed by atoms with E-state index in [9.17, 15) is 4.79 Å². The third-order valence-electron chi connectivity index (χ3n) is 4.76. The standard InChI is InChI=1S/C22H23N5O2/c1-16-7-9-17(10-8-16)22-26-25-21(29-22)12-11-20(28)23-13-4-14-27-15-24-18-5-2-3-6-19(18)27/h2-3,5-10,15H,4,11-14H2,1H3,(H,23,28). The summed E-state index contributed by atoms with van der Waals surface area (Å²) in [5.74, 6) is 0.934. The van der Waals surface area contributed by atoms with Crippen LogP contribution in [0.4, 0.5) is 0 Å². The summed E-state index contributed by atoms with van der Waals surface area (Å²) in [5.41, 5.74) is 4.15. The Labute approximate surface area is 168 Å². The average molecular weight is 389 g/mol. The first-order valence-corrected chi connectivity index (χ1v) is 9.75. The topological polar surface area (TPSA) is 85.8 Å². The van der Waals surface area contributed by atoms with Gasteiger partial charge in [-0.3, -0.25) is 4.79 Å². The normalized spacial score (nSPS) is 11.1. The molecule has 1 N–H and O–H groups in total. The number of hydrogen-bond donors (Lipinski definition) is 1. The monoisotopic (exact) mass is 389 g/mol. The van der Waals surface area contributed by atoms with Crippen LogP contribution < -0.4 is 5.32 Å². The molecule has 2 aromatic carbocycles. The van der Waals surface area contributed by atoms with Crippen LogP contribution in [0.2, 0.25) is 0 Å². The number of nitrogens with one attached hydrogen (secondary N) is 1. The molecule has 7 heteroatoms. The van der Waals surface area contributed by atoms with Crippen molar-refractivity contribution in [3.05, 3.63) is 66.3 Å². The molecular weight excluding hydrogens is 366 g/mol.